The number of piperazine rings is 1. The summed E-state index contributed by atoms with van der Waals surface area (Å²) in [6.07, 6.45) is 7.06. The van der Waals surface area contributed by atoms with Crippen molar-refractivity contribution >= 4 is 17.5 Å². The van der Waals surface area contributed by atoms with Crippen LogP contribution >= 0.6 is 0 Å². The Morgan fingerprint density at radius 3 is 2.39 bits per heavy atom. The second-order valence-corrected chi connectivity index (χ2v) is 9.11. The Kier molecular flexibility index (Phi) is 5.77. The van der Waals surface area contributed by atoms with Crippen molar-refractivity contribution in [2.45, 2.75) is 51.1 Å². The van der Waals surface area contributed by atoms with Gasteiger partial charge in [0.15, 0.2) is 0 Å². The molecule has 0 atom stereocenters. The molecule has 0 unspecified atom stereocenters. The van der Waals surface area contributed by atoms with Crippen LogP contribution in [0.3, 0.4) is 0 Å². The molecular formula is C26H31N3O2. The first kappa shape index (κ1) is 20.3. The molecule has 5 heteroatoms. The Balaban J connectivity index is 1.24. The number of benzene rings is 2. The quantitative estimate of drug-likeness (QED) is 0.759. The van der Waals surface area contributed by atoms with Crippen LogP contribution in [0.25, 0.3) is 0 Å². The van der Waals surface area contributed by atoms with Crippen LogP contribution < -0.4 is 4.90 Å². The molecule has 5 rings (SSSR count). The topological polar surface area (TPSA) is 43.9 Å². The normalized spacial score (nSPS) is 20.2. The van der Waals surface area contributed by atoms with E-state index in [1.807, 2.05) is 58.3 Å². The number of carbonyl (C=O) groups is 2. The van der Waals surface area contributed by atoms with Gasteiger partial charge in [0.05, 0.1) is 13.0 Å². The first-order chi connectivity index (χ1) is 15.2. The zero-order valence-electron chi connectivity index (χ0n) is 18.1. The summed E-state index contributed by atoms with van der Waals surface area (Å²) in [6, 6.07) is 16.5. The number of rotatable bonds is 4. The third-order valence-electron chi connectivity index (χ3n) is 7.14. The largest absolute Gasteiger partial charge is 0.336 e. The average molecular weight is 418 g/mol. The third-order valence-corrected chi connectivity index (χ3v) is 7.14. The third kappa shape index (κ3) is 4.24. The van der Waals surface area contributed by atoms with Gasteiger partial charge in [0, 0.05) is 43.5 Å². The maximum absolute atomic E-state index is 13.1. The Hall–Kier alpha value is -2.66. The summed E-state index contributed by atoms with van der Waals surface area (Å²) >= 11 is 0. The van der Waals surface area contributed by atoms with E-state index < -0.39 is 0 Å². The maximum Gasteiger partial charge on any atom is 0.253 e. The molecule has 162 valence electrons. The van der Waals surface area contributed by atoms with Crippen molar-refractivity contribution in [2.24, 2.45) is 0 Å². The highest BCUT2D eigenvalue weighted by Crippen LogP contribution is 2.32. The minimum Gasteiger partial charge on any atom is -0.336 e. The monoisotopic (exact) mass is 417 g/mol. The molecular weight excluding hydrogens is 386 g/mol. The van der Waals surface area contributed by atoms with Crippen LogP contribution in [-0.2, 0) is 17.8 Å². The SMILES string of the molecule is O=C(c1ccc2c(c1)CC(=O)N2Cc1ccccc1)N1CCN(C2CCCCC2)CC1. The standard InChI is InChI=1S/C26H31N3O2/c30-25-18-22-17-21(11-12-24(22)29(25)19-20-7-3-1-4-8-20)26(31)28-15-13-27(14-16-28)23-9-5-2-6-10-23/h1,3-4,7-8,11-12,17,23H,2,5-6,9-10,13-16,18-19H2. The molecule has 1 saturated carbocycles. The van der Waals surface area contributed by atoms with Crippen molar-refractivity contribution in [3.05, 3.63) is 65.2 Å². The van der Waals surface area contributed by atoms with Gasteiger partial charge < -0.3 is 9.80 Å². The fourth-order valence-electron chi connectivity index (χ4n) is 5.37. The number of hydrogen-bond acceptors (Lipinski definition) is 3. The lowest BCUT2D eigenvalue weighted by Crippen LogP contribution is -2.52. The Morgan fingerprint density at radius 1 is 0.903 bits per heavy atom. The number of anilines is 1. The zero-order valence-corrected chi connectivity index (χ0v) is 18.1. The number of amides is 2. The van der Waals surface area contributed by atoms with E-state index >= 15 is 0 Å². The zero-order chi connectivity index (χ0) is 21.2. The molecule has 31 heavy (non-hydrogen) atoms. The smallest absolute Gasteiger partial charge is 0.253 e. The van der Waals surface area contributed by atoms with Gasteiger partial charge in [0.1, 0.15) is 0 Å². The van der Waals surface area contributed by atoms with E-state index in [4.69, 9.17) is 0 Å². The summed E-state index contributed by atoms with van der Waals surface area (Å²) < 4.78 is 0. The van der Waals surface area contributed by atoms with Gasteiger partial charge in [-0.05, 0) is 42.2 Å². The molecule has 5 nitrogen and oxygen atoms in total. The Bertz CT molecular complexity index is 944. The van der Waals surface area contributed by atoms with Crippen LogP contribution in [-0.4, -0.2) is 53.8 Å². The number of hydrogen-bond donors (Lipinski definition) is 0. The van der Waals surface area contributed by atoms with E-state index in [-0.39, 0.29) is 11.8 Å². The second-order valence-electron chi connectivity index (χ2n) is 9.11. The molecule has 0 bridgehead atoms. The summed E-state index contributed by atoms with van der Waals surface area (Å²) in [5.41, 5.74) is 3.72. The van der Waals surface area contributed by atoms with Crippen LogP contribution in [0.4, 0.5) is 5.69 Å². The van der Waals surface area contributed by atoms with Crippen LogP contribution in [0, 0.1) is 0 Å². The molecule has 3 aliphatic rings. The molecule has 2 aromatic rings. The van der Waals surface area contributed by atoms with Gasteiger partial charge >= 0.3 is 0 Å². The molecule has 2 amide bonds. The van der Waals surface area contributed by atoms with Crippen LogP contribution in [0.2, 0.25) is 0 Å². The molecule has 0 radical (unpaired) electrons. The number of nitrogens with zero attached hydrogens (tertiary/aromatic N) is 3. The van der Waals surface area contributed by atoms with E-state index in [9.17, 15) is 9.59 Å². The summed E-state index contributed by atoms with van der Waals surface area (Å²) in [5, 5.41) is 0. The lowest BCUT2D eigenvalue weighted by atomic mass is 9.94. The molecule has 0 N–H and O–H groups in total. The predicted octanol–water partition coefficient (Wildman–Crippen LogP) is 3.87. The van der Waals surface area contributed by atoms with Crippen molar-refractivity contribution in [2.75, 3.05) is 31.1 Å². The van der Waals surface area contributed by atoms with Gasteiger partial charge in [-0.2, -0.15) is 0 Å². The maximum atomic E-state index is 13.1. The summed E-state index contributed by atoms with van der Waals surface area (Å²) in [5.74, 6) is 0.199. The molecule has 2 heterocycles. The highest BCUT2D eigenvalue weighted by molar-refractivity contribution is 6.03. The summed E-state index contributed by atoms with van der Waals surface area (Å²) in [7, 11) is 0. The van der Waals surface area contributed by atoms with Gasteiger partial charge in [0.2, 0.25) is 5.91 Å². The first-order valence-corrected chi connectivity index (χ1v) is 11.7. The second kappa shape index (κ2) is 8.83. The van der Waals surface area contributed by atoms with Crippen molar-refractivity contribution < 1.29 is 9.59 Å². The van der Waals surface area contributed by atoms with Gasteiger partial charge in [-0.15, -0.1) is 0 Å². The van der Waals surface area contributed by atoms with Gasteiger partial charge in [0.25, 0.3) is 5.91 Å². The van der Waals surface area contributed by atoms with E-state index in [2.05, 4.69) is 4.90 Å². The van der Waals surface area contributed by atoms with Crippen LogP contribution in [0.5, 0.6) is 0 Å². The van der Waals surface area contributed by atoms with Gasteiger partial charge in [-0.3, -0.25) is 14.5 Å². The summed E-state index contributed by atoms with van der Waals surface area (Å²) in [6.45, 7) is 4.12. The van der Waals surface area contributed by atoms with Gasteiger partial charge in [-0.25, -0.2) is 0 Å². The van der Waals surface area contributed by atoms with Gasteiger partial charge in [-0.1, -0.05) is 49.6 Å². The van der Waals surface area contributed by atoms with Crippen LogP contribution in [0.15, 0.2) is 48.5 Å². The lowest BCUT2D eigenvalue weighted by Gasteiger charge is -2.40. The van der Waals surface area contributed by atoms with Crippen LogP contribution in [0.1, 0.15) is 53.6 Å². The molecule has 1 aliphatic carbocycles. The van der Waals surface area contributed by atoms with Crippen molar-refractivity contribution in [3.63, 3.8) is 0 Å². The van der Waals surface area contributed by atoms with E-state index in [0.29, 0.717) is 24.6 Å². The number of fused-ring (bicyclic) bond motifs is 1. The minimum absolute atomic E-state index is 0.0973. The Morgan fingerprint density at radius 2 is 1.65 bits per heavy atom. The van der Waals surface area contributed by atoms with Crippen molar-refractivity contribution in [3.8, 4) is 0 Å². The van der Waals surface area contributed by atoms with E-state index in [1.165, 1.54) is 32.1 Å². The predicted molar refractivity (Wildman–Crippen MR) is 122 cm³/mol. The van der Waals surface area contributed by atoms with E-state index in [1.54, 1.807) is 0 Å². The molecule has 2 aliphatic heterocycles. The Labute approximate surface area is 184 Å². The lowest BCUT2D eigenvalue weighted by molar-refractivity contribution is -0.117. The molecule has 0 spiro atoms. The fourth-order valence-corrected chi connectivity index (χ4v) is 5.37. The molecule has 2 aromatic carbocycles. The summed E-state index contributed by atoms with van der Waals surface area (Å²) in [4.78, 5) is 32.2. The minimum atomic E-state index is 0.0973. The van der Waals surface area contributed by atoms with E-state index in [0.717, 1.165) is 43.0 Å². The highest BCUT2D eigenvalue weighted by Gasteiger charge is 2.30. The molecule has 0 aromatic heterocycles. The molecule has 1 saturated heterocycles. The first-order valence-electron chi connectivity index (χ1n) is 11.7. The fraction of sp³-hybridized carbons (Fsp3) is 0.462. The van der Waals surface area contributed by atoms with Crippen molar-refractivity contribution in [1.29, 1.82) is 0 Å². The molecule has 2 fully saturated rings. The average Bonchev–Trinajstić information content (AvgIpc) is 3.14. The van der Waals surface area contributed by atoms with Crippen molar-refractivity contribution in [1.82, 2.24) is 9.80 Å². The highest BCUT2D eigenvalue weighted by atomic mass is 16.2. The number of carbonyl (C=O) groups excluding carboxylic acids is 2.